The van der Waals surface area contributed by atoms with Gasteiger partial charge in [0.15, 0.2) is 0 Å². The average molecular weight is 464 g/mol. The fourth-order valence-corrected chi connectivity index (χ4v) is 4.79. The lowest BCUT2D eigenvalue weighted by atomic mass is 9.87. The van der Waals surface area contributed by atoms with Crippen molar-refractivity contribution < 1.29 is 28.8 Å². The van der Waals surface area contributed by atoms with Crippen molar-refractivity contribution in [3.8, 4) is 0 Å². The van der Waals surface area contributed by atoms with Crippen LogP contribution in [0.5, 0.6) is 0 Å². The van der Waals surface area contributed by atoms with E-state index in [0.717, 1.165) is 35.7 Å². The number of fused-ring (bicyclic) bond motifs is 1. The molecule has 0 aromatic carbocycles. The normalized spacial score (nSPS) is 22.8. The van der Waals surface area contributed by atoms with Crippen LogP contribution in [-0.4, -0.2) is 76.0 Å². The predicted octanol–water partition coefficient (Wildman–Crippen LogP) is 0.685. The maximum atomic E-state index is 13.3. The predicted molar refractivity (Wildman–Crippen MR) is 116 cm³/mol. The highest BCUT2D eigenvalue weighted by Gasteiger charge is 2.44. The number of carbonyl (C=O) groups excluding carboxylic acids is 6. The Kier molecular flexibility index (Phi) is 8.40. The van der Waals surface area contributed by atoms with Gasteiger partial charge in [-0.15, -0.1) is 0 Å². The molecule has 5 amide bonds. The van der Waals surface area contributed by atoms with Crippen LogP contribution in [0.2, 0.25) is 0 Å². The molecule has 2 aliphatic heterocycles. The number of carbonyl (C=O) groups is 6. The number of ketones is 1. The zero-order valence-corrected chi connectivity index (χ0v) is 19.1. The van der Waals surface area contributed by atoms with Crippen molar-refractivity contribution in [1.29, 1.82) is 0 Å². The van der Waals surface area contributed by atoms with Gasteiger partial charge in [0, 0.05) is 25.8 Å². The van der Waals surface area contributed by atoms with E-state index in [-0.39, 0.29) is 55.9 Å². The van der Waals surface area contributed by atoms with Crippen molar-refractivity contribution in [1.82, 2.24) is 25.8 Å². The van der Waals surface area contributed by atoms with Gasteiger partial charge in [-0.25, -0.2) is 19.8 Å². The lowest BCUT2D eigenvalue weighted by Crippen LogP contribution is -2.64. The molecule has 0 spiro atoms. The Labute approximate surface area is 193 Å². The van der Waals surface area contributed by atoms with Gasteiger partial charge >= 0.3 is 6.03 Å². The number of aldehydes is 1. The van der Waals surface area contributed by atoms with Crippen molar-refractivity contribution in [3.05, 3.63) is 0 Å². The number of nitrogens with one attached hydrogen (secondary N) is 2. The first-order valence-corrected chi connectivity index (χ1v) is 11.8. The molecule has 182 valence electrons. The van der Waals surface area contributed by atoms with E-state index < -0.39 is 24.0 Å². The van der Waals surface area contributed by atoms with Crippen LogP contribution in [0, 0.1) is 5.92 Å². The summed E-state index contributed by atoms with van der Waals surface area (Å²) in [6, 6.07) is -2.69. The molecule has 2 N–H and O–H groups in total. The highest BCUT2D eigenvalue weighted by molar-refractivity contribution is 5.93. The summed E-state index contributed by atoms with van der Waals surface area (Å²) >= 11 is 0. The Bertz CT molecular complexity index is 796. The molecule has 2 saturated heterocycles. The minimum atomic E-state index is -1.03. The minimum Gasteiger partial charge on any atom is -0.344 e. The number of rotatable bonds is 8. The molecular formula is C22H33N5O6. The van der Waals surface area contributed by atoms with Gasteiger partial charge in [0.2, 0.25) is 17.7 Å². The second-order valence-corrected chi connectivity index (χ2v) is 9.10. The van der Waals surface area contributed by atoms with Gasteiger partial charge in [0.1, 0.15) is 18.1 Å². The van der Waals surface area contributed by atoms with E-state index in [2.05, 4.69) is 10.7 Å². The van der Waals surface area contributed by atoms with Crippen molar-refractivity contribution in [3.63, 3.8) is 0 Å². The monoisotopic (exact) mass is 463 g/mol. The Morgan fingerprint density at radius 1 is 1.06 bits per heavy atom. The first-order valence-electron chi connectivity index (χ1n) is 11.8. The summed E-state index contributed by atoms with van der Waals surface area (Å²) in [7, 11) is 0. The van der Waals surface area contributed by atoms with Crippen LogP contribution in [0.4, 0.5) is 4.79 Å². The molecule has 11 heteroatoms. The van der Waals surface area contributed by atoms with Crippen LogP contribution >= 0.6 is 0 Å². The summed E-state index contributed by atoms with van der Waals surface area (Å²) in [5.74, 6) is -1.19. The molecule has 2 heterocycles. The second kappa shape index (κ2) is 11.2. The van der Waals surface area contributed by atoms with Crippen LogP contribution in [0.25, 0.3) is 0 Å². The van der Waals surface area contributed by atoms with Crippen LogP contribution in [0.3, 0.4) is 0 Å². The van der Waals surface area contributed by atoms with Gasteiger partial charge in [-0.1, -0.05) is 19.3 Å². The number of nitrogens with zero attached hydrogens (tertiary/aromatic N) is 3. The average Bonchev–Trinajstić information content (AvgIpc) is 2.91. The highest BCUT2D eigenvalue weighted by Crippen LogP contribution is 2.27. The number of urea groups is 1. The van der Waals surface area contributed by atoms with Gasteiger partial charge in [0.25, 0.3) is 0 Å². The zero-order chi connectivity index (χ0) is 24.0. The molecule has 11 nitrogen and oxygen atoms in total. The van der Waals surface area contributed by atoms with Gasteiger partial charge in [-0.3, -0.25) is 24.6 Å². The Hall–Kier alpha value is -2.98. The molecule has 1 aliphatic carbocycles. The molecule has 3 rings (SSSR count). The van der Waals surface area contributed by atoms with Gasteiger partial charge in [0.05, 0.1) is 12.6 Å². The topological polar surface area (TPSA) is 136 Å². The molecule has 1 saturated carbocycles. The third-order valence-electron chi connectivity index (χ3n) is 6.43. The summed E-state index contributed by atoms with van der Waals surface area (Å²) < 4.78 is 0. The molecule has 0 radical (unpaired) electrons. The van der Waals surface area contributed by atoms with Crippen LogP contribution in [-0.2, 0) is 24.0 Å². The Morgan fingerprint density at radius 2 is 1.79 bits per heavy atom. The van der Waals surface area contributed by atoms with Gasteiger partial charge in [-0.05, 0) is 38.5 Å². The SMILES string of the molecule is CC(=O)C[C@@H](C=O)NC(=O)[C@@H]1CCCN2C(=O)CCN(NC(=O)CC3CCCCC3)C(=O)N12. The van der Waals surface area contributed by atoms with E-state index in [1.54, 1.807) is 0 Å². The van der Waals surface area contributed by atoms with E-state index in [9.17, 15) is 28.8 Å². The summed E-state index contributed by atoms with van der Waals surface area (Å²) in [4.78, 5) is 74.2. The summed E-state index contributed by atoms with van der Waals surface area (Å²) in [6.45, 7) is 1.61. The lowest BCUT2D eigenvalue weighted by Gasteiger charge is -2.43. The number of hydrogen-bond acceptors (Lipinski definition) is 6. The molecule has 3 aliphatic rings. The van der Waals surface area contributed by atoms with Crippen LogP contribution < -0.4 is 10.7 Å². The van der Waals surface area contributed by atoms with Crippen molar-refractivity contribution in [2.24, 2.45) is 5.92 Å². The molecule has 0 aromatic rings. The van der Waals surface area contributed by atoms with Crippen LogP contribution in [0.15, 0.2) is 0 Å². The van der Waals surface area contributed by atoms with E-state index in [0.29, 0.717) is 19.1 Å². The van der Waals surface area contributed by atoms with Crippen molar-refractivity contribution >= 4 is 35.8 Å². The molecule has 2 atom stereocenters. The fourth-order valence-electron chi connectivity index (χ4n) is 4.79. The first-order chi connectivity index (χ1) is 15.8. The summed E-state index contributed by atoms with van der Waals surface area (Å²) in [5.41, 5.74) is 2.64. The third-order valence-corrected chi connectivity index (χ3v) is 6.43. The molecule has 33 heavy (non-hydrogen) atoms. The molecule has 3 fully saturated rings. The van der Waals surface area contributed by atoms with E-state index in [1.807, 2.05) is 0 Å². The van der Waals surface area contributed by atoms with E-state index in [4.69, 9.17) is 0 Å². The fraction of sp³-hybridized carbons (Fsp3) is 0.727. The smallest absolute Gasteiger partial charge is 0.344 e. The first kappa shape index (κ1) is 24.7. The highest BCUT2D eigenvalue weighted by atomic mass is 16.2. The van der Waals surface area contributed by atoms with E-state index in [1.165, 1.54) is 18.4 Å². The van der Waals surface area contributed by atoms with E-state index >= 15 is 0 Å². The Balaban J connectivity index is 1.71. The number of hydrazine groups is 2. The molecule has 0 unspecified atom stereocenters. The third kappa shape index (κ3) is 6.29. The zero-order valence-electron chi connectivity index (χ0n) is 19.1. The molecular weight excluding hydrogens is 430 g/mol. The summed E-state index contributed by atoms with van der Waals surface area (Å²) in [6.07, 6.45) is 6.79. The van der Waals surface area contributed by atoms with Crippen molar-refractivity contribution in [2.45, 2.75) is 83.2 Å². The number of hydrogen-bond donors (Lipinski definition) is 2. The second-order valence-electron chi connectivity index (χ2n) is 9.10. The number of Topliss-reactive ketones (excluding diaryl/α,β-unsaturated/α-hetero) is 1. The van der Waals surface area contributed by atoms with Crippen molar-refractivity contribution in [2.75, 3.05) is 13.1 Å². The lowest BCUT2D eigenvalue weighted by molar-refractivity contribution is -0.155. The minimum absolute atomic E-state index is 0.0106. The van der Waals surface area contributed by atoms with Crippen LogP contribution in [0.1, 0.15) is 71.1 Å². The Morgan fingerprint density at radius 3 is 2.45 bits per heavy atom. The summed E-state index contributed by atoms with van der Waals surface area (Å²) in [5, 5.41) is 5.96. The number of amides is 5. The molecule has 0 bridgehead atoms. The quantitative estimate of drug-likeness (QED) is 0.508. The van der Waals surface area contributed by atoms with Gasteiger partial charge < -0.3 is 10.1 Å². The van der Waals surface area contributed by atoms with Gasteiger partial charge in [-0.2, -0.15) is 0 Å². The maximum absolute atomic E-state index is 13.3. The largest absolute Gasteiger partial charge is 0.358 e. The molecule has 0 aromatic heterocycles. The maximum Gasteiger partial charge on any atom is 0.358 e. The standard InChI is InChI=1S/C22H33N5O6/c1-15(29)12-17(14-28)23-21(32)18-8-5-10-26-20(31)9-11-25(22(33)27(18)26)24-19(30)13-16-6-3-2-4-7-16/h14,16-18H,2-13H2,1H3,(H,23,32)(H,24,30)/t17-,18-/m0/s1.